The second-order valence-electron chi connectivity index (χ2n) is 4.74. The maximum atomic E-state index is 12.0. The van der Waals surface area contributed by atoms with E-state index in [4.69, 9.17) is 4.74 Å². The van der Waals surface area contributed by atoms with Gasteiger partial charge in [0.15, 0.2) is 0 Å². The molecule has 0 aliphatic carbocycles. The largest absolute Gasteiger partial charge is 0.424 e. The first-order valence-corrected chi connectivity index (χ1v) is 7.25. The van der Waals surface area contributed by atoms with Gasteiger partial charge in [0, 0.05) is 36.4 Å². The molecule has 2 heterocycles. The number of hydrogen-bond donors (Lipinski definition) is 1. The fourth-order valence-electron chi connectivity index (χ4n) is 1.90. The van der Waals surface area contributed by atoms with Crippen LogP contribution < -0.4 is 10.1 Å². The Hall–Kier alpha value is -3.54. The Labute approximate surface area is 138 Å². The first-order chi connectivity index (χ1) is 11.8. The van der Waals surface area contributed by atoms with Crippen molar-refractivity contribution in [1.29, 1.82) is 0 Å². The molecule has 1 aromatic carbocycles. The summed E-state index contributed by atoms with van der Waals surface area (Å²) in [5, 5.41) is 2.76. The molecule has 6 nitrogen and oxygen atoms in total. The molecular formula is C18H14N4O2. The lowest BCUT2D eigenvalue weighted by Gasteiger charge is -2.06. The Morgan fingerprint density at radius 2 is 1.79 bits per heavy atom. The summed E-state index contributed by atoms with van der Waals surface area (Å²) in [5.41, 5.74) is 1.32. The predicted molar refractivity (Wildman–Crippen MR) is 90.4 cm³/mol. The minimum atomic E-state index is -0.256. The van der Waals surface area contributed by atoms with Crippen LogP contribution >= 0.6 is 0 Å². The molecule has 6 heteroatoms. The van der Waals surface area contributed by atoms with Crippen LogP contribution in [-0.2, 0) is 4.79 Å². The number of amides is 1. The van der Waals surface area contributed by atoms with Crippen molar-refractivity contribution in [2.45, 2.75) is 0 Å². The van der Waals surface area contributed by atoms with Crippen molar-refractivity contribution in [2.75, 3.05) is 5.32 Å². The molecule has 3 aromatic rings. The molecule has 0 fully saturated rings. The molecule has 1 N–H and O–H groups in total. The zero-order valence-electron chi connectivity index (χ0n) is 12.7. The van der Waals surface area contributed by atoms with Crippen molar-refractivity contribution >= 4 is 17.7 Å². The number of carbonyl (C=O) groups is 1. The molecular weight excluding hydrogens is 304 g/mol. The molecule has 0 unspecified atom stereocenters. The maximum absolute atomic E-state index is 12.0. The number of carbonyl (C=O) groups excluding carboxylic acids is 1. The normalized spacial score (nSPS) is 10.5. The summed E-state index contributed by atoms with van der Waals surface area (Å²) in [4.78, 5) is 24.1. The van der Waals surface area contributed by atoms with Crippen LogP contribution in [-0.4, -0.2) is 20.9 Å². The smallest absolute Gasteiger partial charge is 0.321 e. The lowest BCUT2D eigenvalue weighted by Crippen LogP contribution is -2.07. The SMILES string of the molecule is O=C(/C=C/c1ccccn1)Nc1cccc(Oc2ncccn2)c1. The van der Waals surface area contributed by atoms with E-state index in [0.29, 0.717) is 17.1 Å². The number of aromatic nitrogens is 3. The number of rotatable bonds is 5. The van der Waals surface area contributed by atoms with Crippen molar-refractivity contribution in [3.8, 4) is 11.8 Å². The van der Waals surface area contributed by atoms with Gasteiger partial charge in [-0.25, -0.2) is 9.97 Å². The van der Waals surface area contributed by atoms with E-state index in [0.717, 1.165) is 0 Å². The van der Waals surface area contributed by atoms with E-state index in [1.54, 1.807) is 55.0 Å². The Morgan fingerprint density at radius 1 is 0.958 bits per heavy atom. The summed E-state index contributed by atoms with van der Waals surface area (Å²) < 4.78 is 5.53. The molecule has 24 heavy (non-hydrogen) atoms. The van der Waals surface area contributed by atoms with Crippen molar-refractivity contribution in [2.24, 2.45) is 0 Å². The zero-order valence-corrected chi connectivity index (χ0v) is 12.7. The van der Waals surface area contributed by atoms with Crippen LogP contribution in [0.3, 0.4) is 0 Å². The van der Waals surface area contributed by atoms with E-state index in [-0.39, 0.29) is 11.9 Å². The van der Waals surface area contributed by atoms with E-state index >= 15 is 0 Å². The van der Waals surface area contributed by atoms with Gasteiger partial charge in [-0.05, 0) is 36.4 Å². The first-order valence-electron chi connectivity index (χ1n) is 7.25. The second kappa shape index (κ2) is 7.64. The van der Waals surface area contributed by atoms with Gasteiger partial charge in [0.1, 0.15) is 5.75 Å². The Balaban J connectivity index is 1.64. The van der Waals surface area contributed by atoms with Crippen LogP contribution in [0.4, 0.5) is 5.69 Å². The molecule has 0 atom stereocenters. The van der Waals surface area contributed by atoms with Gasteiger partial charge in [-0.15, -0.1) is 0 Å². The fraction of sp³-hybridized carbons (Fsp3) is 0. The lowest BCUT2D eigenvalue weighted by molar-refractivity contribution is -0.111. The highest BCUT2D eigenvalue weighted by molar-refractivity contribution is 6.01. The molecule has 118 valence electrons. The topological polar surface area (TPSA) is 77.0 Å². The number of nitrogens with zero attached hydrogens (tertiary/aromatic N) is 3. The van der Waals surface area contributed by atoms with E-state index in [1.165, 1.54) is 6.08 Å². The number of ether oxygens (including phenoxy) is 1. The number of benzene rings is 1. The van der Waals surface area contributed by atoms with Crippen LogP contribution in [0.25, 0.3) is 6.08 Å². The molecule has 0 radical (unpaired) electrons. The highest BCUT2D eigenvalue weighted by atomic mass is 16.5. The van der Waals surface area contributed by atoms with Crippen molar-refractivity contribution < 1.29 is 9.53 Å². The average Bonchev–Trinajstić information content (AvgIpc) is 2.62. The molecule has 2 aromatic heterocycles. The first kappa shape index (κ1) is 15.4. The summed E-state index contributed by atoms with van der Waals surface area (Å²) in [6, 6.07) is 14.4. The number of hydrogen-bond acceptors (Lipinski definition) is 5. The summed E-state index contributed by atoms with van der Waals surface area (Å²) in [6.45, 7) is 0. The zero-order chi connectivity index (χ0) is 16.6. The minimum Gasteiger partial charge on any atom is -0.424 e. The van der Waals surface area contributed by atoms with E-state index < -0.39 is 0 Å². The molecule has 3 rings (SSSR count). The fourth-order valence-corrected chi connectivity index (χ4v) is 1.90. The van der Waals surface area contributed by atoms with Crippen molar-refractivity contribution in [3.05, 3.63) is 78.9 Å². The minimum absolute atomic E-state index is 0.246. The molecule has 0 aliphatic rings. The van der Waals surface area contributed by atoms with Gasteiger partial charge in [0.05, 0.1) is 5.69 Å². The third-order valence-corrected chi connectivity index (χ3v) is 2.95. The standard InChI is InChI=1S/C18H14N4O2/c23-17(9-8-14-5-1-2-10-19-14)22-15-6-3-7-16(13-15)24-18-20-11-4-12-21-18/h1-13H,(H,22,23)/b9-8+. The molecule has 0 saturated carbocycles. The van der Waals surface area contributed by atoms with Gasteiger partial charge < -0.3 is 10.1 Å². The summed E-state index contributed by atoms with van der Waals surface area (Å²) in [6.07, 6.45) is 7.93. The van der Waals surface area contributed by atoms with Gasteiger partial charge >= 0.3 is 6.01 Å². The quantitative estimate of drug-likeness (QED) is 0.730. The highest BCUT2D eigenvalue weighted by Crippen LogP contribution is 2.21. The molecule has 0 saturated heterocycles. The lowest BCUT2D eigenvalue weighted by atomic mass is 10.3. The number of pyridine rings is 1. The van der Waals surface area contributed by atoms with Crippen molar-refractivity contribution in [3.63, 3.8) is 0 Å². The molecule has 1 amide bonds. The summed E-state index contributed by atoms with van der Waals surface area (Å²) >= 11 is 0. The molecule has 0 aliphatic heterocycles. The Morgan fingerprint density at radius 3 is 2.58 bits per heavy atom. The third kappa shape index (κ3) is 4.48. The van der Waals surface area contributed by atoms with Crippen LogP contribution in [0.5, 0.6) is 11.8 Å². The van der Waals surface area contributed by atoms with Crippen LogP contribution in [0.1, 0.15) is 5.69 Å². The van der Waals surface area contributed by atoms with E-state index in [2.05, 4.69) is 20.3 Å². The number of nitrogens with one attached hydrogen (secondary N) is 1. The van der Waals surface area contributed by atoms with Crippen LogP contribution in [0.2, 0.25) is 0 Å². The van der Waals surface area contributed by atoms with Gasteiger partial charge in [0.25, 0.3) is 0 Å². The summed E-state index contributed by atoms with van der Waals surface area (Å²) in [7, 11) is 0. The predicted octanol–water partition coefficient (Wildman–Crippen LogP) is 3.32. The van der Waals surface area contributed by atoms with Crippen LogP contribution in [0, 0.1) is 0 Å². The number of anilines is 1. The molecule has 0 bridgehead atoms. The summed E-state index contributed by atoms with van der Waals surface area (Å²) in [5.74, 6) is 0.279. The molecule has 0 spiro atoms. The van der Waals surface area contributed by atoms with Crippen molar-refractivity contribution in [1.82, 2.24) is 15.0 Å². The average molecular weight is 318 g/mol. The Kier molecular flexibility index (Phi) is 4.89. The monoisotopic (exact) mass is 318 g/mol. The Bertz CT molecular complexity index is 836. The van der Waals surface area contributed by atoms with Gasteiger partial charge in [-0.3, -0.25) is 9.78 Å². The maximum Gasteiger partial charge on any atom is 0.321 e. The second-order valence-corrected chi connectivity index (χ2v) is 4.74. The van der Waals surface area contributed by atoms with E-state index in [1.807, 2.05) is 18.2 Å². The van der Waals surface area contributed by atoms with Gasteiger partial charge in [-0.2, -0.15) is 0 Å². The third-order valence-electron chi connectivity index (χ3n) is 2.95. The van der Waals surface area contributed by atoms with E-state index in [9.17, 15) is 4.79 Å². The van der Waals surface area contributed by atoms with Gasteiger partial charge in [-0.1, -0.05) is 12.1 Å². The van der Waals surface area contributed by atoms with Crippen LogP contribution in [0.15, 0.2) is 73.2 Å². The van der Waals surface area contributed by atoms with Gasteiger partial charge in [0.2, 0.25) is 5.91 Å². The highest BCUT2D eigenvalue weighted by Gasteiger charge is 2.02.